The minimum Gasteiger partial charge on any atom is -0.481 e. The molecular formula is C13H28O6S2. The van der Waals surface area contributed by atoms with Gasteiger partial charge in [-0.15, -0.1) is 0 Å². The van der Waals surface area contributed by atoms with E-state index in [2.05, 4.69) is 25.3 Å². The first kappa shape index (κ1) is 25.5. The predicted molar refractivity (Wildman–Crippen MR) is 89.5 cm³/mol. The number of rotatable bonds is 10. The lowest BCUT2D eigenvalue weighted by molar-refractivity contribution is -0.134. The molecule has 0 radical (unpaired) electrons. The van der Waals surface area contributed by atoms with Gasteiger partial charge in [-0.25, -0.2) is 0 Å². The average Bonchev–Trinajstić information content (AvgIpc) is 2.47. The molecule has 0 aliphatic carbocycles. The standard InChI is InChI=1S/C9H20O2.2C2H4O2S/c10-8-6-4-2-1-3-5-7-9-11;2*3-2(4)1-5/h10-11H,1-9H2;2*5H,1H2,(H,3,4). The minimum absolute atomic E-state index is 0.0833. The number of carbonyl (C=O) groups is 2. The second-order valence-corrected chi connectivity index (χ2v) is 4.66. The molecule has 0 aliphatic heterocycles. The molecule has 0 aliphatic rings. The zero-order valence-electron chi connectivity index (χ0n) is 12.3. The third-order valence-corrected chi connectivity index (χ3v) is 2.63. The number of thiol groups is 2. The zero-order valence-corrected chi connectivity index (χ0v) is 14.1. The number of aliphatic hydroxyl groups excluding tert-OH is 2. The van der Waals surface area contributed by atoms with E-state index in [1.807, 2.05) is 0 Å². The van der Waals surface area contributed by atoms with Gasteiger partial charge in [0.05, 0.1) is 11.5 Å². The van der Waals surface area contributed by atoms with Gasteiger partial charge in [-0.1, -0.05) is 32.1 Å². The molecule has 6 nitrogen and oxygen atoms in total. The molecule has 0 bridgehead atoms. The van der Waals surface area contributed by atoms with Gasteiger partial charge < -0.3 is 20.4 Å². The largest absolute Gasteiger partial charge is 0.481 e. The van der Waals surface area contributed by atoms with Gasteiger partial charge in [-0.3, -0.25) is 9.59 Å². The van der Waals surface area contributed by atoms with Crippen molar-refractivity contribution in [2.24, 2.45) is 0 Å². The second-order valence-electron chi connectivity index (χ2n) is 4.03. The third kappa shape index (κ3) is 45.1. The van der Waals surface area contributed by atoms with Gasteiger partial charge in [0.25, 0.3) is 0 Å². The van der Waals surface area contributed by atoms with Crippen LogP contribution in [0.4, 0.5) is 0 Å². The molecule has 4 N–H and O–H groups in total. The summed E-state index contributed by atoms with van der Waals surface area (Å²) in [5.41, 5.74) is 0. The van der Waals surface area contributed by atoms with Gasteiger partial charge in [0, 0.05) is 13.2 Å². The normalized spacial score (nSPS) is 8.95. The van der Waals surface area contributed by atoms with E-state index in [0.717, 1.165) is 25.7 Å². The van der Waals surface area contributed by atoms with Crippen LogP contribution in [-0.4, -0.2) is 57.1 Å². The van der Waals surface area contributed by atoms with E-state index in [-0.39, 0.29) is 11.5 Å². The van der Waals surface area contributed by atoms with Gasteiger partial charge in [0.15, 0.2) is 0 Å². The van der Waals surface area contributed by atoms with Crippen LogP contribution in [0.1, 0.15) is 44.9 Å². The Balaban J connectivity index is -0.000000270. The quantitative estimate of drug-likeness (QED) is 0.265. The second kappa shape index (κ2) is 24.6. The topological polar surface area (TPSA) is 115 Å². The maximum absolute atomic E-state index is 9.29. The van der Waals surface area contributed by atoms with Gasteiger partial charge in [-0.2, -0.15) is 25.3 Å². The fourth-order valence-electron chi connectivity index (χ4n) is 1.11. The molecular weight excluding hydrogens is 316 g/mol. The number of carboxylic acids is 2. The molecule has 0 fully saturated rings. The first-order valence-corrected chi connectivity index (χ1v) is 8.09. The Hall–Kier alpha value is -0.440. The molecule has 0 aromatic carbocycles. The van der Waals surface area contributed by atoms with Crippen molar-refractivity contribution in [2.75, 3.05) is 24.7 Å². The molecule has 21 heavy (non-hydrogen) atoms. The van der Waals surface area contributed by atoms with Crippen molar-refractivity contribution in [3.8, 4) is 0 Å². The monoisotopic (exact) mass is 344 g/mol. The number of aliphatic hydroxyl groups is 2. The molecule has 0 amide bonds. The Morgan fingerprint density at radius 3 is 0.952 bits per heavy atom. The summed E-state index contributed by atoms with van der Waals surface area (Å²) in [6.45, 7) is 0.660. The Kier molecular flexibility index (Phi) is 29.8. The lowest BCUT2D eigenvalue weighted by atomic mass is 10.1. The summed E-state index contributed by atoms with van der Waals surface area (Å²) in [4.78, 5) is 18.6. The SMILES string of the molecule is O=C(O)CS.O=C(O)CS.OCCCCCCCCCO. The summed E-state index contributed by atoms with van der Waals surface area (Å²) in [7, 11) is 0. The van der Waals surface area contributed by atoms with Gasteiger partial charge >= 0.3 is 11.9 Å². The van der Waals surface area contributed by atoms with Gasteiger partial charge in [0.1, 0.15) is 0 Å². The summed E-state index contributed by atoms with van der Waals surface area (Å²) in [5, 5.41) is 32.2. The van der Waals surface area contributed by atoms with Crippen molar-refractivity contribution in [3.05, 3.63) is 0 Å². The highest BCUT2D eigenvalue weighted by Crippen LogP contribution is 2.06. The number of hydrogen-bond donors (Lipinski definition) is 6. The van der Waals surface area contributed by atoms with Crippen molar-refractivity contribution in [1.82, 2.24) is 0 Å². The maximum Gasteiger partial charge on any atom is 0.313 e. The van der Waals surface area contributed by atoms with Gasteiger partial charge in [0.2, 0.25) is 0 Å². The highest BCUT2D eigenvalue weighted by Gasteiger charge is 1.89. The Morgan fingerprint density at radius 1 is 0.619 bits per heavy atom. The van der Waals surface area contributed by atoms with Crippen molar-refractivity contribution < 1.29 is 30.0 Å². The number of carboxylic acid groups (broad SMARTS) is 2. The highest BCUT2D eigenvalue weighted by molar-refractivity contribution is 7.81. The summed E-state index contributed by atoms with van der Waals surface area (Å²) in [6, 6.07) is 0. The maximum atomic E-state index is 9.29. The summed E-state index contributed by atoms with van der Waals surface area (Å²) >= 11 is 6.83. The minimum atomic E-state index is -0.881. The molecule has 128 valence electrons. The fraction of sp³-hybridized carbons (Fsp3) is 0.846. The van der Waals surface area contributed by atoms with Crippen LogP contribution in [0.25, 0.3) is 0 Å². The molecule has 0 saturated heterocycles. The summed E-state index contributed by atoms with van der Waals surface area (Å²) in [5.74, 6) is -1.93. The average molecular weight is 344 g/mol. The van der Waals surface area contributed by atoms with Crippen molar-refractivity contribution in [3.63, 3.8) is 0 Å². The first-order valence-electron chi connectivity index (χ1n) is 6.83. The van der Waals surface area contributed by atoms with E-state index in [0.29, 0.717) is 13.2 Å². The number of hydrogen-bond acceptors (Lipinski definition) is 6. The van der Waals surface area contributed by atoms with Crippen LogP contribution in [0.2, 0.25) is 0 Å². The molecule has 0 rings (SSSR count). The van der Waals surface area contributed by atoms with E-state index < -0.39 is 11.9 Å². The molecule has 0 aromatic heterocycles. The smallest absolute Gasteiger partial charge is 0.313 e. The lowest BCUT2D eigenvalue weighted by Gasteiger charge is -1.98. The van der Waals surface area contributed by atoms with Gasteiger partial charge in [-0.05, 0) is 12.8 Å². The molecule has 0 saturated carbocycles. The van der Waals surface area contributed by atoms with Crippen LogP contribution in [-0.2, 0) is 9.59 Å². The molecule has 0 atom stereocenters. The summed E-state index contributed by atoms with van der Waals surface area (Å²) in [6.07, 6.45) is 7.89. The molecule has 8 heteroatoms. The fourth-order valence-corrected chi connectivity index (χ4v) is 1.11. The van der Waals surface area contributed by atoms with Crippen molar-refractivity contribution in [1.29, 1.82) is 0 Å². The van der Waals surface area contributed by atoms with Crippen LogP contribution < -0.4 is 0 Å². The van der Waals surface area contributed by atoms with Crippen LogP contribution in [0, 0.1) is 0 Å². The van der Waals surface area contributed by atoms with Crippen molar-refractivity contribution >= 4 is 37.2 Å². The summed E-state index contributed by atoms with van der Waals surface area (Å²) < 4.78 is 0. The van der Waals surface area contributed by atoms with Crippen LogP contribution in [0.3, 0.4) is 0 Å². The number of unbranched alkanes of at least 4 members (excludes halogenated alkanes) is 6. The Labute approximate surface area is 137 Å². The van der Waals surface area contributed by atoms with E-state index in [1.54, 1.807) is 0 Å². The molecule has 0 heterocycles. The predicted octanol–water partition coefficient (Wildman–Crippen LogP) is 1.70. The zero-order chi connectivity index (χ0) is 16.9. The highest BCUT2D eigenvalue weighted by atomic mass is 32.1. The molecule has 0 aromatic rings. The van der Waals surface area contributed by atoms with E-state index in [4.69, 9.17) is 20.4 Å². The molecule has 0 spiro atoms. The van der Waals surface area contributed by atoms with Crippen LogP contribution in [0.5, 0.6) is 0 Å². The first-order chi connectivity index (χ1) is 9.95. The lowest BCUT2D eigenvalue weighted by Crippen LogP contribution is -1.92. The third-order valence-electron chi connectivity index (χ3n) is 2.09. The van der Waals surface area contributed by atoms with Crippen molar-refractivity contribution in [2.45, 2.75) is 44.9 Å². The number of aliphatic carboxylic acids is 2. The molecule has 0 unspecified atom stereocenters. The Morgan fingerprint density at radius 2 is 0.810 bits per heavy atom. The van der Waals surface area contributed by atoms with Crippen LogP contribution >= 0.6 is 25.3 Å². The van der Waals surface area contributed by atoms with E-state index in [1.165, 1.54) is 19.3 Å². The van der Waals surface area contributed by atoms with E-state index >= 15 is 0 Å². The Bertz CT molecular complexity index is 205. The van der Waals surface area contributed by atoms with E-state index in [9.17, 15) is 9.59 Å². The van der Waals surface area contributed by atoms with Crippen LogP contribution in [0.15, 0.2) is 0 Å².